The molecule has 2 bridgehead atoms. The highest BCUT2D eigenvalue weighted by molar-refractivity contribution is 5.79. The van der Waals surface area contributed by atoms with Gasteiger partial charge in [-0.3, -0.25) is 9.88 Å². The number of carbonyl (C=O) groups is 1. The van der Waals surface area contributed by atoms with Gasteiger partial charge in [-0.15, -0.1) is 0 Å². The Balaban J connectivity index is 1.22. The Bertz CT molecular complexity index is 1230. The van der Waals surface area contributed by atoms with Crippen molar-refractivity contribution in [2.45, 2.75) is 38.3 Å². The third kappa shape index (κ3) is 3.61. The topological polar surface area (TPSA) is 51.7 Å². The van der Waals surface area contributed by atoms with Crippen molar-refractivity contribution in [3.8, 4) is 11.1 Å². The van der Waals surface area contributed by atoms with E-state index in [1.165, 1.54) is 33.4 Å². The lowest BCUT2D eigenvalue weighted by Crippen LogP contribution is -2.56. The number of fused-ring (bicyclic) bond motifs is 5. The van der Waals surface area contributed by atoms with Gasteiger partial charge in [0.2, 0.25) is 0 Å². The number of benzene rings is 2. The number of aryl methyl sites for hydroxylation is 2. The van der Waals surface area contributed by atoms with Crippen LogP contribution in [0.25, 0.3) is 16.7 Å². The van der Waals surface area contributed by atoms with Crippen LogP contribution in [0.15, 0.2) is 66.7 Å². The molecule has 1 aromatic heterocycles. The molecule has 6 rings (SSSR count). The maximum Gasteiger partial charge on any atom is 0.410 e. The number of hydrogen-bond acceptors (Lipinski definition) is 4. The van der Waals surface area contributed by atoms with Crippen molar-refractivity contribution in [2.24, 2.45) is 0 Å². The average Bonchev–Trinajstić information content (AvgIpc) is 3.15. The Kier molecular flexibility index (Phi) is 5.22. The third-order valence-corrected chi connectivity index (χ3v) is 7.20. The number of aromatic nitrogens is 1. The Labute approximate surface area is 200 Å². The largest absolute Gasteiger partial charge is 0.448 e. The standard InChI is InChI=1S/C29H28N2O3/c1-18-11-20(12-19(2)30-18)21-13-22-15-33-16-23(14-21)31(22)29(32)34-17-28-26-9-5-3-7-24(26)25-8-4-6-10-27(25)28/h3-13,22-23,28H,14-17H2,1-2H3. The minimum atomic E-state index is -0.252. The van der Waals surface area contributed by atoms with E-state index < -0.39 is 0 Å². The Morgan fingerprint density at radius 3 is 2.29 bits per heavy atom. The smallest absolute Gasteiger partial charge is 0.410 e. The molecule has 1 amide bonds. The summed E-state index contributed by atoms with van der Waals surface area (Å²) in [5.74, 6) is 0.0612. The Morgan fingerprint density at radius 1 is 1.00 bits per heavy atom. The lowest BCUT2D eigenvalue weighted by atomic mass is 9.90. The van der Waals surface area contributed by atoms with Gasteiger partial charge in [0.25, 0.3) is 0 Å². The first-order chi connectivity index (χ1) is 16.6. The van der Waals surface area contributed by atoms with Crippen LogP contribution in [0.3, 0.4) is 0 Å². The molecule has 1 aliphatic carbocycles. The fraction of sp³-hybridized carbons (Fsp3) is 0.310. The summed E-state index contributed by atoms with van der Waals surface area (Å²) in [7, 11) is 0. The van der Waals surface area contributed by atoms with Crippen LogP contribution in [0.1, 0.15) is 40.4 Å². The van der Waals surface area contributed by atoms with Gasteiger partial charge in [0.05, 0.1) is 25.3 Å². The molecule has 2 aromatic carbocycles. The van der Waals surface area contributed by atoms with Gasteiger partial charge in [0.15, 0.2) is 0 Å². The maximum atomic E-state index is 13.4. The van der Waals surface area contributed by atoms with E-state index in [0.29, 0.717) is 19.8 Å². The Morgan fingerprint density at radius 2 is 1.65 bits per heavy atom. The molecule has 0 radical (unpaired) electrons. The van der Waals surface area contributed by atoms with Crippen LogP contribution in [0.5, 0.6) is 0 Å². The first-order valence-electron chi connectivity index (χ1n) is 12.0. The minimum Gasteiger partial charge on any atom is -0.448 e. The molecule has 3 aliphatic rings. The van der Waals surface area contributed by atoms with Crippen molar-refractivity contribution in [1.82, 2.24) is 9.88 Å². The molecule has 1 saturated heterocycles. The maximum absolute atomic E-state index is 13.4. The van der Waals surface area contributed by atoms with Crippen LogP contribution in [0.4, 0.5) is 4.79 Å². The number of amides is 1. The van der Waals surface area contributed by atoms with Crippen molar-refractivity contribution in [3.05, 3.63) is 94.8 Å². The predicted octanol–water partition coefficient (Wildman–Crippen LogP) is 5.50. The van der Waals surface area contributed by atoms with E-state index in [1.54, 1.807) is 0 Å². The van der Waals surface area contributed by atoms with Crippen LogP contribution >= 0.6 is 0 Å². The van der Waals surface area contributed by atoms with E-state index in [-0.39, 0.29) is 24.1 Å². The van der Waals surface area contributed by atoms with Crippen molar-refractivity contribution in [2.75, 3.05) is 19.8 Å². The number of hydrogen-bond donors (Lipinski definition) is 0. The quantitative estimate of drug-likeness (QED) is 0.526. The van der Waals surface area contributed by atoms with Gasteiger partial charge in [-0.1, -0.05) is 54.6 Å². The van der Waals surface area contributed by atoms with E-state index in [9.17, 15) is 4.79 Å². The molecule has 1 fully saturated rings. The fourth-order valence-electron chi connectivity index (χ4n) is 5.78. The molecule has 2 unspecified atom stereocenters. The number of carbonyl (C=O) groups excluding carboxylic acids is 1. The van der Waals surface area contributed by atoms with E-state index in [1.807, 2.05) is 18.7 Å². The summed E-state index contributed by atoms with van der Waals surface area (Å²) < 4.78 is 11.8. The van der Waals surface area contributed by atoms with E-state index in [4.69, 9.17) is 9.47 Å². The highest BCUT2D eigenvalue weighted by Crippen LogP contribution is 2.44. The van der Waals surface area contributed by atoms with Gasteiger partial charge in [0, 0.05) is 17.3 Å². The molecular formula is C29H28N2O3. The normalized spacial score (nSPS) is 21.0. The summed E-state index contributed by atoms with van der Waals surface area (Å²) in [6.07, 6.45) is 2.67. The second-order valence-corrected chi connectivity index (χ2v) is 9.50. The number of ether oxygens (including phenoxy) is 2. The second kappa shape index (κ2) is 8.41. The van der Waals surface area contributed by atoms with Gasteiger partial charge in [-0.25, -0.2) is 4.79 Å². The van der Waals surface area contributed by atoms with Gasteiger partial charge >= 0.3 is 6.09 Å². The minimum absolute atomic E-state index is 0.0248. The van der Waals surface area contributed by atoms with Crippen LogP contribution in [-0.2, 0) is 9.47 Å². The van der Waals surface area contributed by atoms with Gasteiger partial charge in [0.1, 0.15) is 6.61 Å². The van der Waals surface area contributed by atoms with Crippen molar-refractivity contribution in [3.63, 3.8) is 0 Å². The summed E-state index contributed by atoms with van der Waals surface area (Å²) in [6, 6.07) is 20.9. The first kappa shape index (κ1) is 21.1. The Hall–Kier alpha value is -3.44. The summed E-state index contributed by atoms with van der Waals surface area (Å²) in [6.45, 7) is 5.40. The molecule has 3 aromatic rings. The van der Waals surface area contributed by atoms with Gasteiger partial charge in [-0.05, 0) is 65.8 Å². The number of pyridine rings is 1. The lowest BCUT2D eigenvalue weighted by Gasteiger charge is -2.44. The molecule has 3 heterocycles. The molecule has 5 heteroatoms. The summed E-state index contributed by atoms with van der Waals surface area (Å²) >= 11 is 0. The highest BCUT2D eigenvalue weighted by Gasteiger charge is 2.40. The number of rotatable bonds is 3. The SMILES string of the molecule is Cc1cc(C2=CC3COCC(C2)N3C(=O)OCC2c3ccccc3-c3ccccc32)cc(C)n1. The molecule has 0 saturated carbocycles. The molecule has 2 aliphatic heterocycles. The molecule has 2 atom stereocenters. The zero-order valence-electron chi connectivity index (χ0n) is 19.5. The summed E-state index contributed by atoms with van der Waals surface area (Å²) in [4.78, 5) is 19.7. The molecule has 5 nitrogen and oxygen atoms in total. The number of morpholine rings is 1. The zero-order valence-corrected chi connectivity index (χ0v) is 19.5. The summed E-state index contributed by atoms with van der Waals surface area (Å²) in [5.41, 5.74) is 9.39. The molecule has 172 valence electrons. The molecular weight excluding hydrogens is 424 g/mol. The number of nitrogens with zero attached hydrogens (tertiary/aromatic N) is 2. The van der Waals surface area contributed by atoms with Crippen molar-refractivity contribution >= 4 is 11.7 Å². The molecule has 0 spiro atoms. The van der Waals surface area contributed by atoms with Gasteiger partial charge < -0.3 is 9.47 Å². The monoisotopic (exact) mass is 452 g/mol. The van der Waals surface area contributed by atoms with Crippen LogP contribution < -0.4 is 0 Å². The second-order valence-electron chi connectivity index (χ2n) is 9.50. The average molecular weight is 453 g/mol. The van der Waals surface area contributed by atoms with E-state index in [2.05, 4.69) is 71.7 Å². The van der Waals surface area contributed by atoms with Crippen molar-refractivity contribution in [1.29, 1.82) is 0 Å². The van der Waals surface area contributed by atoms with Crippen LogP contribution in [0, 0.1) is 13.8 Å². The summed E-state index contributed by atoms with van der Waals surface area (Å²) in [5, 5.41) is 0. The van der Waals surface area contributed by atoms with Crippen molar-refractivity contribution < 1.29 is 14.3 Å². The fourth-order valence-corrected chi connectivity index (χ4v) is 5.78. The van der Waals surface area contributed by atoms with Crippen LogP contribution in [0.2, 0.25) is 0 Å². The third-order valence-electron chi connectivity index (χ3n) is 7.20. The molecule has 0 N–H and O–H groups in total. The predicted molar refractivity (Wildman–Crippen MR) is 132 cm³/mol. The lowest BCUT2D eigenvalue weighted by molar-refractivity contribution is -0.0331. The highest BCUT2D eigenvalue weighted by atomic mass is 16.6. The van der Waals surface area contributed by atoms with Gasteiger partial charge in [-0.2, -0.15) is 0 Å². The van der Waals surface area contributed by atoms with E-state index >= 15 is 0 Å². The zero-order chi connectivity index (χ0) is 23.2. The first-order valence-corrected chi connectivity index (χ1v) is 12.0. The van der Waals surface area contributed by atoms with E-state index in [0.717, 1.165) is 17.8 Å². The van der Waals surface area contributed by atoms with Crippen LogP contribution in [-0.4, -0.2) is 47.9 Å². The molecule has 34 heavy (non-hydrogen) atoms.